The first-order valence-corrected chi connectivity index (χ1v) is 7.16. The normalized spacial score (nSPS) is 11.9. The number of carbonyl (C=O) groups is 1. The van der Waals surface area contributed by atoms with E-state index in [-0.39, 0.29) is 5.91 Å². The van der Waals surface area contributed by atoms with Crippen LogP contribution < -0.4 is 11.1 Å². The zero-order chi connectivity index (χ0) is 14.4. The molecule has 1 amide bonds. The van der Waals surface area contributed by atoms with Gasteiger partial charge in [-0.15, -0.1) is 0 Å². The number of nitrogens with one attached hydrogen (secondary N) is 1. The zero-order valence-electron chi connectivity index (χ0n) is 10.9. The molecule has 0 saturated heterocycles. The van der Waals surface area contributed by atoms with Crippen molar-refractivity contribution < 1.29 is 4.79 Å². The molecule has 2 aromatic rings. The first-order valence-electron chi connectivity index (χ1n) is 6.37. The van der Waals surface area contributed by atoms with Crippen LogP contribution in [0.25, 0.3) is 0 Å². The Bertz CT molecular complexity index is 557. The van der Waals surface area contributed by atoms with Crippen LogP contribution in [0.15, 0.2) is 53.3 Å². The number of anilines is 1. The van der Waals surface area contributed by atoms with Gasteiger partial charge in [-0.3, -0.25) is 4.79 Å². The number of nitrogens with zero attached hydrogens (tertiary/aromatic N) is 1. The number of nitrogens with two attached hydrogens (primary N) is 1. The van der Waals surface area contributed by atoms with Gasteiger partial charge < -0.3 is 11.1 Å². The van der Waals surface area contributed by atoms with Gasteiger partial charge in [0.15, 0.2) is 0 Å². The fourth-order valence-corrected chi connectivity index (χ4v) is 2.02. The van der Waals surface area contributed by atoms with Gasteiger partial charge in [-0.25, -0.2) is 4.98 Å². The minimum absolute atomic E-state index is 0.190. The van der Waals surface area contributed by atoms with Crippen LogP contribution in [0.2, 0.25) is 0 Å². The molecule has 1 aromatic carbocycles. The van der Waals surface area contributed by atoms with E-state index in [1.165, 1.54) is 5.56 Å². The molecule has 0 aliphatic heterocycles. The lowest BCUT2D eigenvalue weighted by Gasteiger charge is -2.12. The van der Waals surface area contributed by atoms with Gasteiger partial charge in [0.25, 0.3) is 0 Å². The third-order valence-electron chi connectivity index (χ3n) is 2.92. The van der Waals surface area contributed by atoms with Gasteiger partial charge in [-0.2, -0.15) is 0 Å². The van der Waals surface area contributed by atoms with Crippen molar-refractivity contribution in [3.05, 3.63) is 58.8 Å². The molecule has 0 spiro atoms. The molecule has 0 bridgehead atoms. The summed E-state index contributed by atoms with van der Waals surface area (Å²) in [6, 6.07) is 13.0. The number of aromatic nitrogens is 1. The molecule has 0 saturated carbocycles. The quantitative estimate of drug-likeness (QED) is 0.826. The number of hydrogen-bond donors (Lipinski definition) is 2. The van der Waals surface area contributed by atoms with Crippen molar-refractivity contribution in [1.82, 2.24) is 4.98 Å². The highest BCUT2D eigenvalue weighted by Gasteiger charge is 2.13. The fourth-order valence-electron chi connectivity index (χ4n) is 1.78. The standard InChI is InChI=1S/C15H16BrN3O/c16-14-9-7-12(10-18-14)19-15(20)13(17)8-6-11-4-2-1-3-5-11/h1-5,7,9-10,13H,6,8,17H2,(H,19,20)/t13-/m0/s1. The monoisotopic (exact) mass is 333 g/mol. The van der Waals surface area contributed by atoms with Gasteiger partial charge in [-0.05, 0) is 46.5 Å². The molecule has 2 rings (SSSR count). The Morgan fingerprint density at radius 2 is 2.00 bits per heavy atom. The predicted molar refractivity (Wildman–Crippen MR) is 83.3 cm³/mol. The Balaban J connectivity index is 1.84. The molecule has 0 radical (unpaired) electrons. The molecule has 3 N–H and O–H groups in total. The topological polar surface area (TPSA) is 68.0 Å². The van der Waals surface area contributed by atoms with Crippen LogP contribution in [0.5, 0.6) is 0 Å². The molecule has 0 aliphatic carbocycles. The summed E-state index contributed by atoms with van der Waals surface area (Å²) in [5.41, 5.74) is 7.73. The smallest absolute Gasteiger partial charge is 0.241 e. The van der Waals surface area contributed by atoms with Crippen LogP contribution in [-0.4, -0.2) is 16.9 Å². The molecule has 1 atom stereocenters. The Hall–Kier alpha value is -1.72. The van der Waals surface area contributed by atoms with E-state index < -0.39 is 6.04 Å². The Labute approximate surface area is 126 Å². The number of carbonyl (C=O) groups excluding carboxylic acids is 1. The first kappa shape index (κ1) is 14.7. The number of benzene rings is 1. The average Bonchev–Trinajstić information content (AvgIpc) is 2.48. The molecule has 1 heterocycles. The van der Waals surface area contributed by atoms with Gasteiger partial charge >= 0.3 is 0 Å². The molecular weight excluding hydrogens is 318 g/mol. The number of rotatable bonds is 5. The van der Waals surface area contributed by atoms with Crippen LogP contribution in [0, 0.1) is 0 Å². The van der Waals surface area contributed by atoms with E-state index in [1.54, 1.807) is 18.3 Å². The molecule has 0 aliphatic rings. The maximum atomic E-state index is 11.9. The molecule has 1 aromatic heterocycles. The largest absolute Gasteiger partial charge is 0.323 e. The second-order valence-electron chi connectivity index (χ2n) is 4.49. The van der Waals surface area contributed by atoms with Gasteiger partial charge in [0, 0.05) is 0 Å². The summed E-state index contributed by atoms with van der Waals surface area (Å²) in [4.78, 5) is 16.0. The number of aryl methyl sites for hydroxylation is 1. The first-order chi connectivity index (χ1) is 9.65. The highest BCUT2D eigenvalue weighted by molar-refractivity contribution is 9.10. The SMILES string of the molecule is N[C@@H](CCc1ccccc1)C(=O)Nc1ccc(Br)nc1. The molecule has 5 heteroatoms. The third kappa shape index (κ3) is 4.43. The predicted octanol–water partition coefficient (Wildman–Crippen LogP) is 2.74. The summed E-state index contributed by atoms with van der Waals surface area (Å²) >= 11 is 3.24. The number of hydrogen-bond acceptors (Lipinski definition) is 3. The van der Waals surface area contributed by atoms with Gasteiger partial charge in [0.1, 0.15) is 4.60 Å². The lowest BCUT2D eigenvalue weighted by molar-refractivity contribution is -0.117. The molecule has 4 nitrogen and oxygen atoms in total. The number of halogens is 1. The van der Waals surface area contributed by atoms with Crippen LogP contribution in [0.4, 0.5) is 5.69 Å². The summed E-state index contributed by atoms with van der Waals surface area (Å²) in [6.45, 7) is 0. The van der Waals surface area contributed by atoms with E-state index in [1.807, 2.05) is 30.3 Å². The van der Waals surface area contributed by atoms with E-state index >= 15 is 0 Å². The summed E-state index contributed by atoms with van der Waals surface area (Å²) < 4.78 is 0.726. The maximum absolute atomic E-state index is 11.9. The summed E-state index contributed by atoms with van der Waals surface area (Å²) in [5, 5.41) is 2.76. The van der Waals surface area contributed by atoms with Crippen LogP contribution in [0.1, 0.15) is 12.0 Å². The minimum Gasteiger partial charge on any atom is -0.323 e. The highest BCUT2D eigenvalue weighted by Crippen LogP contribution is 2.11. The molecular formula is C15H16BrN3O. The van der Waals surface area contributed by atoms with Crippen molar-refractivity contribution >= 4 is 27.5 Å². The van der Waals surface area contributed by atoms with Crippen molar-refractivity contribution in [3.63, 3.8) is 0 Å². The van der Waals surface area contributed by atoms with E-state index in [0.29, 0.717) is 12.1 Å². The number of pyridine rings is 1. The molecule has 0 unspecified atom stereocenters. The van der Waals surface area contributed by atoms with Crippen molar-refractivity contribution in [2.75, 3.05) is 5.32 Å². The van der Waals surface area contributed by atoms with Crippen molar-refractivity contribution in [2.45, 2.75) is 18.9 Å². The van der Waals surface area contributed by atoms with Gasteiger partial charge in [0.2, 0.25) is 5.91 Å². The Kier molecular flexibility index (Phi) is 5.26. The van der Waals surface area contributed by atoms with Crippen LogP contribution >= 0.6 is 15.9 Å². The molecule has 104 valence electrons. The third-order valence-corrected chi connectivity index (χ3v) is 3.39. The van der Waals surface area contributed by atoms with Crippen LogP contribution in [0.3, 0.4) is 0 Å². The van der Waals surface area contributed by atoms with Crippen molar-refractivity contribution in [3.8, 4) is 0 Å². The Morgan fingerprint density at radius 3 is 2.65 bits per heavy atom. The Morgan fingerprint density at radius 1 is 1.25 bits per heavy atom. The van der Waals surface area contributed by atoms with E-state index in [2.05, 4.69) is 26.2 Å². The maximum Gasteiger partial charge on any atom is 0.241 e. The second kappa shape index (κ2) is 7.17. The lowest BCUT2D eigenvalue weighted by atomic mass is 10.1. The van der Waals surface area contributed by atoms with Crippen LogP contribution in [-0.2, 0) is 11.2 Å². The molecule has 20 heavy (non-hydrogen) atoms. The summed E-state index contributed by atoms with van der Waals surface area (Å²) in [7, 11) is 0. The highest BCUT2D eigenvalue weighted by atomic mass is 79.9. The number of amides is 1. The molecule has 0 fully saturated rings. The van der Waals surface area contributed by atoms with Crippen molar-refractivity contribution in [2.24, 2.45) is 5.73 Å². The van der Waals surface area contributed by atoms with E-state index in [4.69, 9.17) is 5.73 Å². The zero-order valence-corrected chi connectivity index (χ0v) is 12.5. The van der Waals surface area contributed by atoms with Gasteiger partial charge in [0.05, 0.1) is 17.9 Å². The fraction of sp³-hybridized carbons (Fsp3) is 0.200. The van der Waals surface area contributed by atoms with Crippen molar-refractivity contribution in [1.29, 1.82) is 0 Å². The van der Waals surface area contributed by atoms with Gasteiger partial charge in [-0.1, -0.05) is 30.3 Å². The summed E-state index contributed by atoms with van der Waals surface area (Å²) in [5.74, 6) is -0.190. The van der Waals surface area contributed by atoms with E-state index in [9.17, 15) is 4.79 Å². The average molecular weight is 334 g/mol. The lowest BCUT2D eigenvalue weighted by Crippen LogP contribution is -2.36. The summed E-state index contributed by atoms with van der Waals surface area (Å²) in [6.07, 6.45) is 2.99. The minimum atomic E-state index is -0.529. The van der Waals surface area contributed by atoms with E-state index in [0.717, 1.165) is 11.0 Å². The second-order valence-corrected chi connectivity index (χ2v) is 5.30.